The highest BCUT2D eigenvalue weighted by atomic mass is 16.2. The van der Waals surface area contributed by atoms with Crippen LogP contribution in [0.15, 0.2) is 0 Å². The van der Waals surface area contributed by atoms with E-state index in [1.165, 1.54) is 0 Å². The zero-order chi connectivity index (χ0) is 12.1. The van der Waals surface area contributed by atoms with E-state index in [1.807, 2.05) is 34.6 Å². The van der Waals surface area contributed by atoms with Gasteiger partial charge in [-0.1, -0.05) is 20.8 Å². The second kappa shape index (κ2) is 5.75. The van der Waals surface area contributed by atoms with E-state index in [9.17, 15) is 4.79 Å². The summed E-state index contributed by atoms with van der Waals surface area (Å²) < 4.78 is 0. The van der Waals surface area contributed by atoms with Crippen LogP contribution in [0.4, 0.5) is 0 Å². The third-order valence-electron chi connectivity index (χ3n) is 2.13. The van der Waals surface area contributed by atoms with E-state index in [4.69, 9.17) is 5.26 Å². The molecule has 0 bridgehead atoms. The van der Waals surface area contributed by atoms with Crippen LogP contribution < -0.4 is 0 Å². The first-order valence-corrected chi connectivity index (χ1v) is 5.47. The Bertz CT molecular complexity index is 247. The monoisotopic (exact) mass is 210 g/mol. The van der Waals surface area contributed by atoms with Crippen LogP contribution in [0.2, 0.25) is 0 Å². The molecule has 0 aliphatic rings. The summed E-state index contributed by atoms with van der Waals surface area (Å²) in [6.07, 6.45) is 0.541. The lowest BCUT2D eigenvalue weighted by molar-refractivity contribution is -0.133. The van der Waals surface area contributed by atoms with Gasteiger partial charge in [-0.2, -0.15) is 5.26 Å². The maximum atomic E-state index is 11.9. The Hall–Kier alpha value is -1.04. The van der Waals surface area contributed by atoms with E-state index in [1.54, 1.807) is 4.90 Å². The average molecular weight is 210 g/mol. The van der Waals surface area contributed by atoms with Crippen molar-refractivity contribution in [3.63, 3.8) is 0 Å². The van der Waals surface area contributed by atoms with Crippen molar-refractivity contribution >= 4 is 5.91 Å². The molecule has 86 valence electrons. The smallest absolute Gasteiger partial charge is 0.223 e. The number of nitrogens with zero attached hydrogens (tertiary/aromatic N) is 2. The summed E-state index contributed by atoms with van der Waals surface area (Å²) >= 11 is 0. The van der Waals surface area contributed by atoms with Crippen LogP contribution in [-0.2, 0) is 4.79 Å². The fraction of sp³-hybridized carbons (Fsp3) is 0.833. The van der Waals surface area contributed by atoms with E-state index >= 15 is 0 Å². The van der Waals surface area contributed by atoms with Crippen molar-refractivity contribution in [3.05, 3.63) is 0 Å². The van der Waals surface area contributed by atoms with Crippen molar-refractivity contribution in [1.82, 2.24) is 4.90 Å². The van der Waals surface area contributed by atoms with Crippen LogP contribution >= 0.6 is 0 Å². The van der Waals surface area contributed by atoms with E-state index in [0.717, 1.165) is 0 Å². The minimum Gasteiger partial charge on any atom is -0.342 e. The molecular weight excluding hydrogens is 188 g/mol. The van der Waals surface area contributed by atoms with Gasteiger partial charge in [-0.15, -0.1) is 0 Å². The minimum atomic E-state index is -0.0890. The van der Waals surface area contributed by atoms with Gasteiger partial charge >= 0.3 is 0 Å². The Kier molecular flexibility index (Phi) is 5.35. The predicted molar refractivity (Wildman–Crippen MR) is 61.1 cm³/mol. The van der Waals surface area contributed by atoms with Gasteiger partial charge in [0.1, 0.15) is 0 Å². The zero-order valence-electron chi connectivity index (χ0n) is 10.5. The van der Waals surface area contributed by atoms with E-state index in [-0.39, 0.29) is 17.2 Å². The number of hydrogen-bond acceptors (Lipinski definition) is 2. The topological polar surface area (TPSA) is 44.1 Å². The van der Waals surface area contributed by atoms with E-state index < -0.39 is 0 Å². The molecule has 0 heterocycles. The summed E-state index contributed by atoms with van der Waals surface area (Å²) in [6, 6.07) is 2.15. The minimum absolute atomic E-state index is 0.0143. The third kappa shape index (κ3) is 6.11. The second-order valence-electron chi connectivity index (χ2n) is 5.20. The van der Waals surface area contributed by atoms with Crippen molar-refractivity contribution in [2.45, 2.75) is 41.0 Å². The van der Waals surface area contributed by atoms with Gasteiger partial charge in [0.15, 0.2) is 0 Å². The average Bonchev–Trinajstić information content (AvgIpc) is 2.10. The van der Waals surface area contributed by atoms with Crippen LogP contribution in [-0.4, -0.2) is 23.9 Å². The molecule has 1 amide bonds. The van der Waals surface area contributed by atoms with Gasteiger partial charge in [-0.25, -0.2) is 0 Å². The van der Waals surface area contributed by atoms with Crippen LogP contribution in [0.5, 0.6) is 0 Å². The standard InChI is InChI=1S/C12H22N2O/c1-6-14(9-10(2)8-13)11(15)7-12(3,4)5/h10H,6-7,9H2,1-5H3. The largest absolute Gasteiger partial charge is 0.342 e. The Balaban J connectivity index is 4.30. The molecule has 0 aromatic rings. The summed E-state index contributed by atoms with van der Waals surface area (Å²) in [5, 5.41) is 8.71. The Morgan fingerprint density at radius 1 is 1.47 bits per heavy atom. The lowest BCUT2D eigenvalue weighted by atomic mass is 9.91. The van der Waals surface area contributed by atoms with Crippen molar-refractivity contribution in [3.8, 4) is 6.07 Å². The van der Waals surface area contributed by atoms with Gasteiger partial charge in [0.25, 0.3) is 0 Å². The molecule has 0 aliphatic carbocycles. The molecule has 3 heteroatoms. The predicted octanol–water partition coefficient (Wildman–Crippen LogP) is 2.43. The van der Waals surface area contributed by atoms with Crippen molar-refractivity contribution in [2.24, 2.45) is 11.3 Å². The van der Waals surface area contributed by atoms with Crippen LogP contribution in [0.25, 0.3) is 0 Å². The molecule has 0 rings (SSSR count). The number of nitriles is 1. The van der Waals surface area contributed by atoms with Crippen LogP contribution in [0.1, 0.15) is 41.0 Å². The lowest BCUT2D eigenvalue weighted by Crippen LogP contribution is -2.36. The molecule has 1 atom stereocenters. The highest BCUT2D eigenvalue weighted by Crippen LogP contribution is 2.20. The summed E-state index contributed by atoms with van der Waals surface area (Å²) in [5.41, 5.74) is 0.0143. The quantitative estimate of drug-likeness (QED) is 0.715. The van der Waals surface area contributed by atoms with Gasteiger partial charge in [-0.05, 0) is 19.3 Å². The summed E-state index contributed by atoms with van der Waals surface area (Å²) in [4.78, 5) is 13.6. The second-order valence-corrected chi connectivity index (χ2v) is 5.20. The van der Waals surface area contributed by atoms with Gasteiger partial charge < -0.3 is 4.90 Å². The molecule has 0 saturated heterocycles. The summed E-state index contributed by atoms with van der Waals surface area (Å²) in [6.45, 7) is 11.2. The number of hydrogen-bond donors (Lipinski definition) is 0. The van der Waals surface area contributed by atoms with E-state index in [2.05, 4.69) is 6.07 Å². The molecule has 0 saturated carbocycles. The normalized spacial score (nSPS) is 13.1. The molecule has 15 heavy (non-hydrogen) atoms. The first-order valence-electron chi connectivity index (χ1n) is 5.47. The molecule has 0 fully saturated rings. The molecule has 1 unspecified atom stereocenters. The lowest BCUT2D eigenvalue weighted by Gasteiger charge is -2.26. The Morgan fingerprint density at radius 2 is 2.00 bits per heavy atom. The number of carbonyl (C=O) groups is 1. The van der Waals surface area contributed by atoms with Crippen molar-refractivity contribution in [2.75, 3.05) is 13.1 Å². The molecule has 0 aliphatic heterocycles. The zero-order valence-corrected chi connectivity index (χ0v) is 10.5. The first-order chi connectivity index (χ1) is 6.80. The summed E-state index contributed by atoms with van der Waals surface area (Å²) in [7, 11) is 0. The maximum absolute atomic E-state index is 11.9. The van der Waals surface area contributed by atoms with Gasteiger partial charge in [0.2, 0.25) is 5.91 Å². The maximum Gasteiger partial charge on any atom is 0.223 e. The fourth-order valence-corrected chi connectivity index (χ4v) is 1.34. The molecule has 0 N–H and O–H groups in total. The van der Waals surface area contributed by atoms with Crippen molar-refractivity contribution in [1.29, 1.82) is 5.26 Å². The van der Waals surface area contributed by atoms with Gasteiger partial charge in [0, 0.05) is 19.5 Å². The SMILES string of the molecule is CCN(CC(C)C#N)C(=O)CC(C)(C)C. The first kappa shape index (κ1) is 14.0. The van der Waals surface area contributed by atoms with Crippen LogP contribution in [0.3, 0.4) is 0 Å². The molecule has 3 nitrogen and oxygen atoms in total. The third-order valence-corrected chi connectivity index (χ3v) is 2.13. The van der Waals surface area contributed by atoms with Gasteiger partial charge in [0.05, 0.1) is 12.0 Å². The fourth-order valence-electron chi connectivity index (χ4n) is 1.34. The van der Waals surface area contributed by atoms with Gasteiger partial charge in [-0.3, -0.25) is 4.79 Å². The highest BCUT2D eigenvalue weighted by molar-refractivity contribution is 5.76. The highest BCUT2D eigenvalue weighted by Gasteiger charge is 2.21. The molecular formula is C12H22N2O. The Labute approximate surface area is 93.1 Å². The van der Waals surface area contributed by atoms with Crippen molar-refractivity contribution < 1.29 is 4.79 Å². The molecule has 0 aromatic heterocycles. The summed E-state index contributed by atoms with van der Waals surface area (Å²) in [5.74, 6) is 0.0565. The van der Waals surface area contributed by atoms with E-state index in [0.29, 0.717) is 19.5 Å². The van der Waals surface area contributed by atoms with Crippen LogP contribution in [0, 0.1) is 22.7 Å². The molecule has 0 aromatic carbocycles. The molecule has 0 spiro atoms. The Morgan fingerprint density at radius 3 is 2.33 bits per heavy atom. The number of rotatable bonds is 4. The molecule has 0 radical (unpaired) electrons. The number of carbonyl (C=O) groups excluding carboxylic acids is 1. The number of amides is 1.